The second kappa shape index (κ2) is 8.21. The van der Waals surface area contributed by atoms with E-state index in [9.17, 15) is 9.59 Å². The molecule has 0 aliphatic carbocycles. The van der Waals surface area contributed by atoms with Gasteiger partial charge in [0.15, 0.2) is 6.10 Å². The third kappa shape index (κ3) is 7.37. The van der Waals surface area contributed by atoms with E-state index < -0.39 is 18.0 Å². The molecule has 0 radical (unpaired) electrons. The van der Waals surface area contributed by atoms with Gasteiger partial charge in [-0.1, -0.05) is 30.3 Å². The number of rotatable bonds is 4. The Kier molecular flexibility index (Phi) is 7.34. The van der Waals surface area contributed by atoms with Crippen molar-refractivity contribution in [3.63, 3.8) is 0 Å². The van der Waals surface area contributed by atoms with Gasteiger partial charge in [-0.25, -0.2) is 4.79 Å². The number of carboxylic acids is 2. The molecule has 0 aromatic heterocycles. The average Bonchev–Trinajstić information content (AvgIpc) is 2.28. The molecule has 1 aromatic carbocycles. The van der Waals surface area contributed by atoms with Gasteiger partial charge < -0.3 is 21.1 Å². The molecule has 6 heteroatoms. The van der Waals surface area contributed by atoms with Gasteiger partial charge in [0, 0.05) is 6.04 Å². The Morgan fingerprint density at radius 3 is 2.00 bits per heavy atom. The normalized spacial score (nSPS) is 12.8. The largest absolute Gasteiger partial charge is 0.481 e. The summed E-state index contributed by atoms with van der Waals surface area (Å²) in [5, 5.41) is 25.4. The summed E-state index contributed by atoms with van der Waals surface area (Å²) in [6.07, 6.45) is -1.35. The van der Waals surface area contributed by atoms with Crippen molar-refractivity contribution in [2.75, 3.05) is 0 Å². The van der Waals surface area contributed by atoms with E-state index in [4.69, 9.17) is 21.1 Å². The van der Waals surface area contributed by atoms with Crippen LogP contribution in [0.3, 0.4) is 0 Å². The van der Waals surface area contributed by atoms with E-state index in [0.717, 1.165) is 0 Å². The van der Waals surface area contributed by atoms with Crippen LogP contribution in [-0.2, 0) is 9.59 Å². The van der Waals surface area contributed by atoms with E-state index in [1.54, 1.807) is 37.3 Å². The summed E-state index contributed by atoms with van der Waals surface area (Å²) in [6, 6.07) is 8.04. The van der Waals surface area contributed by atoms with Gasteiger partial charge in [0.2, 0.25) is 0 Å². The third-order valence-corrected chi connectivity index (χ3v) is 1.85. The van der Waals surface area contributed by atoms with Crippen LogP contribution < -0.4 is 5.73 Å². The summed E-state index contributed by atoms with van der Waals surface area (Å²) in [5.74, 6) is -2.06. The summed E-state index contributed by atoms with van der Waals surface area (Å²) < 4.78 is 0. The maximum atomic E-state index is 10.2. The topological polar surface area (TPSA) is 121 Å². The number of aliphatic hydroxyl groups is 1. The molecule has 0 amide bonds. The molecule has 0 heterocycles. The van der Waals surface area contributed by atoms with Crippen molar-refractivity contribution in [1.82, 2.24) is 0 Å². The predicted molar refractivity (Wildman–Crippen MR) is 64.9 cm³/mol. The lowest BCUT2D eigenvalue weighted by atomic mass is 10.1. The second-order valence-electron chi connectivity index (χ2n) is 3.73. The minimum Gasteiger partial charge on any atom is -0.481 e. The van der Waals surface area contributed by atoms with Gasteiger partial charge in [0.25, 0.3) is 0 Å². The molecule has 18 heavy (non-hydrogen) atoms. The Labute approximate surface area is 105 Å². The van der Waals surface area contributed by atoms with Crippen molar-refractivity contribution >= 4 is 11.9 Å². The summed E-state index contributed by atoms with van der Waals surface area (Å²) in [5.41, 5.74) is 5.52. The summed E-state index contributed by atoms with van der Waals surface area (Å²) in [6.45, 7) is 1.66. The Bertz CT molecular complexity index is 377. The van der Waals surface area contributed by atoms with Crippen LogP contribution >= 0.6 is 0 Å². The van der Waals surface area contributed by atoms with E-state index in [-0.39, 0.29) is 12.5 Å². The van der Waals surface area contributed by atoms with Crippen LogP contribution in [0.5, 0.6) is 0 Å². The smallest absolute Gasteiger partial charge is 0.337 e. The first kappa shape index (κ1) is 16.1. The third-order valence-electron chi connectivity index (χ3n) is 1.85. The van der Waals surface area contributed by atoms with Crippen LogP contribution in [0, 0.1) is 0 Å². The standard InChI is InChI=1S/C8H8O3.C4H9NO2/c9-7(8(10)11)6-4-2-1-3-5-6;1-3(5)2-4(6)7/h1-5,7,9H,(H,10,11);3H,2,5H2,1H3,(H,6,7). The lowest BCUT2D eigenvalue weighted by molar-refractivity contribution is -0.147. The number of nitrogens with two attached hydrogens (primary N) is 1. The maximum absolute atomic E-state index is 10.2. The lowest BCUT2D eigenvalue weighted by Gasteiger charge is -2.03. The fraction of sp³-hybridized carbons (Fsp3) is 0.333. The first-order valence-electron chi connectivity index (χ1n) is 5.27. The first-order chi connectivity index (χ1) is 8.34. The highest BCUT2D eigenvalue weighted by molar-refractivity contribution is 5.73. The molecule has 0 spiro atoms. The van der Waals surface area contributed by atoms with Crippen molar-refractivity contribution in [3.8, 4) is 0 Å². The van der Waals surface area contributed by atoms with Gasteiger partial charge in [-0.2, -0.15) is 0 Å². The fourth-order valence-electron chi connectivity index (χ4n) is 1.05. The van der Waals surface area contributed by atoms with Crippen LogP contribution in [0.15, 0.2) is 30.3 Å². The molecule has 0 saturated heterocycles. The molecule has 0 aliphatic rings. The number of hydrogen-bond acceptors (Lipinski definition) is 4. The molecule has 2 unspecified atom stereocenters. The van der Waals surface area contributed by atoms with E-state index >= 15 is 0 Å². The van der Waals surface area contributed by atoms with Crippen LogP contribution in [-0.4, -0.2) is 33.3 Å². The van der Waals surface area contributed by atoms with E-state index in [1.165, 1.54) is 0 Å². The van der Waals surface area contributed by atoms with Gasteiger partial charge >= 0.3 is 11.9 Å². The molecule has 2 atom stereocenters. The zero-order valence-corrected chi connectivity index (χ0v) is 9.98. The molecule has 100 valence electrons. The van der Waals surface area contributed by atoms with Gasteiger partial charge in [-0.05, 0) is 12.5 Å². The van der Waals surface area contributed by atoms with E-state index in [1.807, 2.05) is 0 Å². The quantitative estimate of drug-likeness (QED) is 0.625. The van der Waals surface area contributed by atoms with E-state index in [2.05, 4.69) is 0 Å². The molecular weight excluding hydrogens is 238 g/mol. The SMILES string of the molecule is CC(N)CC(=O)O.O=C(O)C(O)c1ccccc1. The Balaban J connectivity index is 0.000000360. The highest BCUT2D eigenvalue weighted by Crippen LogP contribution is 2.10. The number of aliphatic carboxylic acids is 2. The van der Waals surface area contributed by atoms with Crippen molar-refractivity contribution in [3.05, 3.63) is 35.9 Å². The number of aliphatic hydroxyl groups excluding tert-OH is 1. The molecule has 0 saturated carbocycles. The van der Waals surface area contributed by atoms with Crippen LogP contribution in [0.4, 0.5) is 0 Å². The maximum Gasteiger partial charge on any atom is 0.337 e. The molecule has 1 rings (SSSR count). The lowest BCUT2D eigenvalue weighted by Crippen LogP contribution is -2.18. The molecule has 0 aliphatic heterocycles. The molecule has 1 aromatic rings. The van der Waals surface area contributed by atoms with Crippen molar-refractivity contribution in [1.29, 1.82) is 0 Å². The predicted octanol–water partition coefficient (Wildman–Crippen LogP) is 0.613. The van der Waals surface area contributed by atoms with E-state index in [0.29, 0.717) is 5.56 Å². The van der Waals surface area contributed by atoms with Crippen LogP contribution in [0.1, 0.15) is 25.0 Å². The van der Waals surface area contributed by atoms with Gasteiger partial charge in [-0.3, -0.25) is 4.79 Å². The number of hydrogen-bond donors (Lipinski definition) is 4. The Hall–Kier alpha value is -1.92. The summed E-state index contributed by atoms with van der Waals surface area (Å²) in [7, 11) is 0. The van der Waals surface area contributed by atoms with Gasteiger partial charge in [0.1, 0.15) is 0 Å². The van der Waals surface area contributed by atoms with Crippen LogP contribution in [0.2, 0.25) is 0 Å². The van der Waals surface area contributed by atoms with Crippen molar-refractivity contribution in [2.45, 2.75) is 25.5 Å². The minimum absolute atomic E-state index is 0.0556. The molecule has 0 bridgehead atoms. The minimum atomic E-state index is -1.41. The number of carboxylic acid groups (broad SMARTS) is 2. The van der Waals surface area contributed by atoms with Crippen molar-refractivity contribution < 1.29 is 24.9 Å². The number of benzene rings is 1. The first-order valence-corrected chi connectivity index (χ1v) is 5.27. The number of carbonyl (C=O) groups is 2. The monoisotopic (exact) mass is 255 g/mol. The van der Waals surface area contributed by atoms with Crippen molar-refractivity contribution in [2.24, 2.45) is 5.73 Å². The highest BCUT2D eigenvalue weighted by atomic mass is 16.4. The molecule has 0 fully saturated rings. The summed E-state index contributed by atoms with van der Waals surface area (Å²) in [4.78, 5) is 20.0. The Morgan fingerprint density at radius 1 is 1.22 bits per heavy atom. The fourth-order valence-corrected chi connectivity index (χ4v) is 1.05. The van der Waals surface area contributed by atoms with Gasteiger partial charge in [-0.15, -0.1) is 0 Å². The van der Waals surface area contributed by atoms with Gasteiger partial charge in [0.05, 0.1) is 6.42 Å². The van der Waals surface area contributed by atoms with Crippen LogP contribution in [0.25, 0.3) is 0 Å². The molecule has 5 N–H and O–H groups in total. The highest BCUT2D eigenvalue weighted by Gasteiger charge is 2.14. The molecular formula is C12H17NO5. The zero-order valence-electron chi connectivity index (χ0n) is 9.98. The zero-order chi connectivity index (χ0) is 14.1. The molecule has 6 nitrogen and oxygen atoms in total. The average molecular weight is 255 g/mol. The Morgan fingerprint density at radius 2 is 1.72 bits per heavy atom. The summed E-state index contributed by atoms with van der Waals surface area (Å²) >= 11 is 0. The second-order valence-corrected chi connectivity index (χ2v) is 3.73.